The second-order valence-corrected chi connectivity index (χ2v) is 14.6. The quantitative estimate of drug-likeness (QED) is 0.215. The number of rotatable bonds is 8. The summed E-state index contributed by atoms with van der Waals surface area (Å²) in [4.78, 5) is 25.4. The monoisotopic (exact) mass is 532 g/mol. The molecular formula is C25H34F2O8S. The Morgan fingerprint density at radius 3 is 1.92 bits per heavy atom. The summed E-state index contributed by atoms with van der Waals surface area (Å²) in [6.07, 6.45) is 9.97. The third-order valence-electron chi connectivity index (χ3n) is 10.2. The zero-order chi connectivity index (χ0) is 25.6. The van der Waals surface area contributed by atoms with Gasteiger partial charge in [0.05, 0.1) is 12.0 Å². The molecule has 0 saturated heterocycles. The van der Waals surface area contributed by atoms with Gasteiger partial charge in [-0.2, -0.15) is 17.2 Å². The molecule has 0 aliphatic heterocycles. The van der Waals surface area contributed by atoms with Gasteiger partial charge in [-0.3, -0.25) is 9.35 Å². The van der Waals surface area contributed by atoms with Crippen LogP contribution in [0.15, 0.2) is 0 Å². The Hall–Kier alpha value is -1.33. The van der Waals surface area contributed by atoms with E-state index in [0.717, 1.165) is 24.2 Å². The van der Waals surface area contributed by atoms with E-state index in [2.05, 4.69) is 0 Å². The lowest BCUT2D eigenvalue weighted by Crippen LogP contribution is -2.61. The topological polar surface area (TPSA) is 116 Å². The molecule has 0 heterocycles. The smallest absolute Gasteiger partial charge is 0.454 e. The van der Waals surface area contributed by atoms with Gasteiger partial charge in [-0.15, -0.1) is 0 Å². The highest BCUT2D eigenvalue weighted by Gasteiger charge is 2.65. The van der Waals surface area contributed by atoms with Crippen molar-refractivity contribution in [1.29, 1.82) is 0 Å². The molecule has 0 aromatic carbocycles. The number of halogens is 2. The van der Waals surface area contributed by atoms with Crippen LogP contribution in [0.5, 0.6) is 0 Å². The molecule has 1 N–H and O–H groups in total. The second-order valence-electron chi connectivity index (χ2n) is 13.1. The van der Waals surface area contributed by atoms with Gasteiger partial charge in [-0.25, -0.2) is 4.79 Å². The van der Waals surface area contributed by atoms with Crippen LogP contribution in [0.1, 0.15) is 77.0 Å². The summed E-state index contributed by atoms with van der Waals surface area (Å²) >= 11 is 0. The molecule has 8 fully saturated rings. The fraction of sp³-hybridized carbons (Fsp3) is 0.920. The molecule has 8 aliphatic rings. The average molecular weight is 533 g/mol. The van der Waals surface area contributed by atoms with E-state index < -0.39 is 38.3 Å². The third-order valence-corrected chi connectivity index (χ3v) is 11.0. The molecule has 36 heavy (non-hydrogen) atoms. The van der Waals surface area contributed by atoms with E-state index in [1.54, 1.807) is 0 Å². The SMILES string of the molecule is O=C(OCOCC12CC3CC(CC(C3)C1)C2)C12CC3CC(CC(OC(=O)C(F)(F)S(=O)(=O)O)(C3)C1)C2. The summed E-state index contributed by atoms with van der Waals surface area (Å²) < 4.78 is 75.2. The van der Waals surface area contributed by atoms with Gasteiger partial charge in [0.1, 0.15) is 5.60 Å². The van der Waals surface area contributed by atoms with Crippen LogP contribution in [0, 0.1) is 40.4 Å². The maximum Gasteiger partial charge on any atom is 0.465 e. The summed E-state index contributed by atoms with van der Waals surface area (Å²) in [5.74, 6) is -0.416. The van der Waals surface area contributed by atoms with Crippen molar-refractivity contribution in [3.63, 3.8) is 0 Å². The van der Waals surface area contributed by atoms with E-state index in [1.165, 1.54) is 38.5 Å². The molecule has 8 rings (SSSR count). The van der Waals surface area contributed by atoms with Gasteiger partial charge in [0.2, 0.25) is 0 Å². The first kappa shape index (κ1) is 25.0. The molecule has 8 saturated carbocycles. The van der Waals surface area contributed by atoms with Crippen molar-refractivity contribution in [3.05, 3.63) is 0 Å². The van der Waals surface area contributed by atoms with Crippen LogP contribution in [0.25, 0.3) is 0 Å². The summed E-state index contributed by atoms with van der Waals surface area (Å²) in [5.41, 5.74) is -2.14. The molecular weight excluding hydrogens is 498 g/mol. The van der Waals surface area contributed by atoms with Crippen LogP contribution < -0.4 is 0 Å². The molecule has 2 atom stereocenters. The highest BCUT2D eigenvalue weighted by atomic mass is 32.2. The second kappa shape index (κ2) is 8.09. The van der Waals surface area contributed by atoms with Crippen molar-refractivity contribution in [2.75, 3.05) is 13.4 Å². The maximum absolute atomic E-state index is 13.9. The molecule has 0 spiro atoms. The fourth-order valence-electron chi connectivity index (χ4n) is 9.87. The molecule has 202 valence electrons. The lowest BCUT2D eigenvalue weighted by atomic mass is 9.48. The predicted octanol–water partition coefficient (Wildman–Crippen LogP) is 4.08. The lowest BCUT2D eigenvalue weighted by molar-refractivity contribution is -0.225. The Kier molecular flexibility index (Phi) is 5.61. The van der Waals surface area contributed by atoms with E-state index in [-0.39, 0.29) is 43.3 Å². The minimum atomic E-state index is -5.96. The minimum Gasteiger partial charge on any atom is -0.454 e. The zero-order valence-corrected chi connectivity index (χ0v) is 21.1. The largest absolute Gasteiger partial charge is 0.465 e. The van der Waals surface area contributed by atoms with Crippen molar-refractivity contribution in [2.45, 2.75) is 87.9 Å². The van der Waals surface area contributed by atoms with E-state index in [4.69, 9.17) is 18.8 Å². The van der Waals surface area contributed by atoms with Gasteiger partial charge in [-0.1, -0.05) is 0 Å². The van der Waals surface area contributed by atoms with Crippen molar-refractivity contribution in [1.82, 2.24) is 0 Å². The predicted molar refractivity (Wildman–Crippen MR) is 120 cm³/mol. The van der Waals surface area contributed by atoms with Gasteiger partial charge >= 0.3 is 27.3 Å². The molecule has 8 bridgehead atoms. The van der Waals surface area contributed by atoms with Crippen molar-refractivity contribution in [3.8, 4) is 0 Å². The number of esters is 2. The molecule has 0 radical (unpaired) electrons. The molecule has 2 unspecified atom stereocenters. The Bertz CT molecular complexity index is 1010. The number of hydrogen-bond donors (Lipinski definition) is 1. The minimum absolute atomic E-state index is 0.00804. The Morgan fingerprint density at radius 1 is 0.861 bits per heavy atom. The summed E-state index contributed by atoms with van der Waals surface area (Å²) in [7, 11) is -5.96. The van der Waals surface area contributed by atoms with Gasteiger partial charge in [0, 0.05) is 6.42 Å². The number of carbonyl (C=O) groups is 2. The van der Waals surface area contributed by atoms with E-state index in [1.807, 2.05) is 0 Å². The molecule has 0 amide bonds. The normalized spacial score (nSPS) is 44.6. The first-order valence-electron chi connectivity index (χ1n) is 13.1. The Balaban J connectivity index is 1.08. The maximum atomic E-state index is 13.9. The third kappa shape index (κ3) is 4.08. The Morgan fingerprint density at radius 2 is 1.39 bits per heavy atom. The first-order chi connectivity index (χ1) is 16.8. The van der Waals surface area contributed by atoms with E-state index in [0.29, 0.717) is 19.4 Å². The lowest BCUT2D eigenvalue weighted by Gasteiger charge is -2.59. The van der Waals surface area contributed by atoms with Gasteiger partial charge in [0.25, 0.3) is 0 Å². The standard InChI is InChI=1S/C25H34F2O8S/c26-25(27,36(30,31)32)21(29)35-24-10-18-4-19(11-24)9-23(8-18,12-24)20(28)34-14-33-13-22-5-15-1-16(6-22)3-17(2-15)7-22/h15-19H,1-14H2,(H,30,31,32). The highest BCUT2D eigenvalue weighted by molar-refractivity contribution is 7.87. The van der Waals surface area contributed by atoms with Crippen LogP contribution in [-0.4, -0.2) is 49.2 Å². The van der Waals surface area contributed by atoms with E-state index >= 15 is 0 Å². The Labute approximate surface area is 209 Å². The number of carbonyl (C=O) groups excluding carboxylic acids is 2. The summed E-state index contributed by atoms with van der Waals surface area (Å²) in [5, 5.41) is -5.06. The van der Waals surface area contributed by atoms with Gasteiger partial charge in [0.15, 0.2) is 6.79 Å². The number of hydrogen-bond acceptors (Lipinski definition) is 7. The highest BCUT2D eigenvalue weighted by Crippen LogP contribution is 2.64. The first-order valence-corrected chi connectivity index (χ1v) is 14.6. The number of alkyl halides is 2. The van der Waals surface area contributed by atoms with Crippen LogP contribution >= 0.6 is 0 Å². The zero-order valence-electron chi connectivity index (χ0n) is 20.3. The molecule has 8 aliphatic carbocycles. The molecule has 8 nitrogen and oxygen atoms in total. The van der Waals surface area contributed by atoms with Crippen LogP contribution in [-0.2, 0) is 33.9 Å². The summed E-state index contributed by atoms with van der Waals surface area (Å²) in [6, 6.07) is 0. The summed E-state index contributed by atoms with van der Waals surface area (Å²) in [6.45, 7) is 0.416. The van der Waals surface area contributed by atoms with Gasteiger partial charge < -0.3 is 14.2 Å². The van der Waals surface area contributed by atoms with E-state index in [9.17, 15) is 26.8 Å². The molecule has 11 heteroatoms. The van der Waals surface area contributed by atoms with Crippen LogP contribution in [0.3, 0.4) is 0 Å². The van der Waals surface area contributed by atoms with Crippen molar-refractivity contribution < 1.29 is 45.6 Å². The molecule has 0 aromatic heterocycles. The van der Waals surface area contributed by atoms with Crippen molar-refractivity contribution in [2.24, 2.45) is 40.4 Å². The van der Waals surface area contributed by atoms with Crippen molar-refractivity contribution >= 4 is 22.1 Å². The van der Waals surface area contributed by atoms with Crippen LogP contribution in [0.4, 0.5) is 8.78 Å². The van der Waals surface area contributed by atoms with Gasteiger partial charge in [-0.05, 0) is 106 Å². The number of ether oxygens (including phenoxy) is 3. The fourth-order valence-corrected chi connectivity index (χ4v) is 10.1. The molecule has 0 aromatic rings. The van der Waals surface area contributed by atoms with Crippen LogP contribution in [0.2, 0.25) is 0 Å². The average Bonchev–Trinajstić information content (AvgIpc) is 2.73.